The lowest BCUT2D eigenvalue weighted by molar-refractivity contribution is 0.102. The highest BCUT2D eigenvalue weighted by Gasteiger charge is 2.07. The number of nitrogens with one attached hydrogen (secondary N) is 1. The van der Waals surface area contributed by atoms with E-state index < -0.39 is 0 Å². The van der Waals surface area contributed by atoms with Crippen molar-refractivity contribution >= 4 is 17.3 Å². The summed E-state index contributed by atoms with van der Waals surface area (Å²) in [6.45, 7) is 0. The van der Waals surface area contributed by atoms with Gasteiger partial charge in [0.05, 0.1) is 11.1 Å². The van der Waals surface area contributed by atoms with Crippen LogP contribution in [0.3, 0.4) is 0 Å². The lowest BCUT2D eigenvalue weighted by Gasteiger charge is -2.09. The minimum atomic E-state index is -0.241. The molecule has 0 aliphatic carbocycles. The van der Waals surface area contributed by atoms with Crippen LogP contribution in [0.2, 0.25) is 0 Å². The number of carbonyl (C=O) groups excluding carboxylic acids is 1. The maximum absolute atomic E-state index is 12.2. The van der Waals surface area contributed by atoms with E-state index in [1.165, 1.54) is 12.1 Å². The predicted molar refractivity (Wildman–Crippen MR) is 101 cm³/mol. The molecule has 130 valence electrons. The quantitative estimate of drug-likeness (QED) is 0.686. The molecule has 0 heterocycles. The minimum Gasteiger partial charge on any atom is -0.457 e. The number of ether oxygens (including phenoxy) is 1. The third kappa shape index (κ3) is 4.22. The molecule has 3 aromatic rings. The van der Waals surface area contributed by atoms with Gasteiger partial charge in [-0.25, -0.2) is 0 Å². The van der Waals surface area contributed by atoms with Gasteiger partial charge >= 0.3 is 0 Å². The molecule has 27 heavy (non-hydrogen) atoms. The zero-order chi connectivity index (χ0) is 19.2. The van der Waals surface area contributed by atoms with Gasteiger partial charge in [-0.05, 0) is 66.7 Å². The number of hydrogen-bond donors (Lipinski definition) is 2. The standard InChI is InChI=1S/C21H14N4O2/c22-12-15-3-8-20(11-16(15)13-23)27-19-9-6-18(7-10-19)25-21(26)14-1-4-17(24)5-2-14/h1-11H,24H2,(H,25,26). The van der Waals surface area contributed by atoms with E-state index in [-0.39, 0.29) is 11.5 Å². The number of amides is 1. The summed E-state index contributed by atoms with van der Waals surface area (Å²) in [5.41, 5.74) is 7.87. The number of hydrogen-bond acceptors (Lipinski definition) is 5. The molecule has 0 aromatic heterocycles. The summed E-state index contributed by atoms with van der Waals surface area (Å²) in [4.78, 5) is 12.2. The Hall–Kier alpha value is -4.29. The first-order valence-corrected chi connectivity index (χ1v) is 7.98. The average molecular weight is 354 g/mol. The van der Waals surface area contributed by atoms with Gasteiger partial charge in [-0.2, -0.15) is 10.5 Å². The lowest BCUT2D eigenvalue weighted by atomic mass is 10.1. The normalized spacial score (nSPS) is 9.70. The molecule has 3 rings (SSSR count). The van der Waals surface area contributed by atoms with E-state index in [2.05, 4.69) is 5.32 Å². The second-order valence-corrected chi connectivity index (χ2v) is 5.63. The number of nitrogens with zero attached hydrogens (tertiary/aromatic N) is 2. The van der Waals surface area contributed by atoms with Crippen LogP contribution in [0.1, 0.15) is 21.5 Å². The van der Waals surface area contributed by atoms with Gasteiger partial charge in [0.2, 0.25) is 0 Å². The fraction of sp³-hybridized carbons (Fsp3) is 0. The molecule has 0 spiro atoms. The van der Waals surface area contributed by atoms with E-state index in [4.69, 9.17) is 21.0 Å². The lowest BCUT2D eigenvalue weighted by Crippen LogP contribution is -2.11. The molecule has 0 atom stereocenters. The molecule has 3 aromatic carbocycles. The van der Waals surface area contributed by atoms with Crippen LogP contribution >= 0.6 is 0 Å². The fourth-order valence-electron chi connectivity index (χ4n) is 2.36. The van der Waals surface area contributed by atoms with E-state index in [0.29, 0.717) is 34.0 Å². The Morgan fingerprint density at radius 3 is 2.11 bits per heavy atom. The number of carbonyl (C=O) groups is 1. The first-order chi connectivity index (χ1) is 13.1. The number of nitriles is 2. The van der Waals surface area contributed by atoms with Crippen molar-refractivity contribution in [2.75, 3.05) is 11.1 Å². The summed E-state index contributed by atoms with van der Waals surface area (Å²) >= 11 is 0. The topological polar surface area (TPSA) is 112 Å². The van der Waals surface area contributed by atoms with Crippen LogP contribution < -0.4 is 15.8 Å². The van der Waals surface area contributed by atoms with E-state index in [1.54, 1.807) is 54.6 Å². The van der Waals surface area contributed by atoms with E-state index in [9.17, 15) is 4.79 Å². The summed E-state index contributed by atoms with van der Waals surface area (Å²) in [6, 6.07) is 22.0. The van der Waals surface area contributed by atoms with Gasteiger partial charge in [-0.1, -0.05) is 0 Å². The molecule has 6 heteroatoms. The van der Waals surface area contributed by atoms with Gasteiger partial charge < -0.3 is 15.8 Å². The van der Waals surface area contributed by atoms with Gasteiger partial charge in [0.25, 0.3) is 5.91 Å². The number of anilines is 2. The third-order valence-corrected chi connectivity index (χ3v) is 3.75. The molecule has 0 unspecified atom stereocenters. The van der Waals surface area contributed by atoms with Gasteiger partial charge in [0, 0.05) is 16.9 Å². The molecule has 0 aliphatic heterocycles. The Morgan fingerprint density at radius 1 is 0.852 bits per heavy atom. The van der Waals surface area contributed by atoms with Gasteiger partial charge in [-0.15, -0.1) is 0 Å². The van der Waals surface area contributed by atoms with Crippen LogP contribution in [0.4, 0.5) is 11.4 Å². The zero-order valence-electron chi connectivity index (χ0n) is 14.1. The Bertz CT molecular complexity index is 1060. The molecule has 6 nitrogen and oxygen atoms in total. The zero-order valence-corrected chi connectivity index (χ0v) is 14.1. The first kappa shape index (κ1) is 17.5. The minimum absolute atomic E-state index is 0.241. The molecule has 0 aliphatic rings. The van der Waals surface area contributed by atoms with E-state index in [1.807, 2.05) is 12.1 Å². The van der Waals surface area contributed by atoms with Crippen LogP contribution in [0.25, 0.3) is 0 Å². The summed E-state index contributed by atoms with van der Waals surface area (Å²) in [6.07, 6.45) is 0. The highest BCUT2D eigenvalue weighted by Crippen LogP contribution is 2.25. The van der Waals surface area contributed by atoms with Crippen LogP contribution in [0, 0.1) is 22.7 Å². The van der Waals surface area contributed by atoms with Crippen molar-refractivity contribution in [3.8, 4) is 23.6 Å². The molecule has 0 bridgehead atoms. The Balaban J connectivity index is 1.69. The van der Waals surface area contributed by atoms with Crippen molar-refractivity contribution in [1.29, 1.82) is 10.5 Å². The maximum Gasteiger partial charge on any atom is 0.255 e. The third-order valence-electron chi connectivity index (χ3n) is 3.75. The average Bonchev–Trinajstić information content (AvgIpc) is 2.69. The van der Waals surface area contributed by atoms with Crippen molar-refractivity contribution in [2.24, 2.45) is 0 Å². The molecule has 0 fully saturated rings. The smallest absolute Gasteiger partial charge is 0.255 e. The summed E-state index contributed by atoms with van der Waals surface area (Å²) in [7, 11) is 0. The van der Waals surface area contributed by atoms with Gasteiger partial charge in [-0.3, -0.25) is 4.79 Å². The second kappa shape index (κ2) is 7.73. The highest BCUT2D eigenvalue weighted by molar-refractivity contribution is 6.04. The van der Waals surface area contributed by atoms with Gasteiger partial charge in [0.1, 0.15) is 23.6 Å². The Labute approximate surface area is 156 Å². The molecule has 3 N–H and O–H groups in total. The largest absolute Gasteiger partial charge is 0.457 e. The van der Waals surface area contributed by atoms with Crippen LogP contribution in [0.5, 0.6) is 11.5 Å². The predicted octanol–water partition coefficient (Wildman–Crippen LogP) is 4.06. The number of nitrogens with two attached hydrogens (primary N) is 1. The molecule has 0 radical (unpaired) electrons. The molecular formula is C21H14N4O2. The van der Waals surface area contributed by atoms with Crippen LogP contribution in [0.15, 0.2) is 66.7 Å². The summed E-state index contributed by atoms with van der Waals surface area (Å²) in [5.74, 6) is 0.743. The maximum atomic E-state index is 12.2. The Kier molecular flexibility index (Phi) is 5.02. The van der Waals surface area contributed by atoms with Crippen LogP contribution in [-0.4, -0.2) is 5.91 Å². The van der Waals surface area contributed by atoms with Crippen molar-refractivity contribution in [3.05, 3.63) is 83.4 Å². The molecule has 1 amide bonds. The van der Waals surface area contributed by atoms with E-state index >= 15 is 0 Å². The monoisotopic (exact) mass is 354 g/mol. The van der Waals surface area contributed by atoms with Crippen molar-refractivity contribution < 1.29 is 9.53 Å². The number of nitrogen functional groups attached to an aromatic ring is 1. The van der Waals surface area contributed by atoms with Crippen molar-refractivity contribution in [1.82, 2.24) is 0 Å². The van der Waals surface area contributed by atoms with Crippen molar-refractivity contribution in [2.45, 2.75) is 0 Å². The van der Waals surface area contributed by atoms with E-state index in [0.717, 1.165) is 0 Å². The molecule has 0 saturated carbocycles. The molecule has 0 saturated heterocycles. The first-order valence-electron chi connectivity index (χ1n) is 7.98. The summed E-state index contributed by atoms with van der Waals surface area (Å²) < 4.78 is 5.69. The SMILES string of the molecule is N#Cc1ccc(Oc2ccc(NC(=O)c3ccc(N)cc3)cc2)cc1C#N. The number of benzene rings is 3. The number of rotatable bonds is 4. The van der Waals surface area contributed by atoms with Gasteiger partial charge in [0.15, 0.2) is 0 Å². The fourth-order valence-corrected chi connectivity index (χ4v) is 2.36. The second-order valence-electron chi connectivity index (χ2n) is 5.63. The molecular weight excluding hydrogens is 340 g/mol. The van der Waals surface area contributed by atoms with Crippen LogP contribution in [-0.2, 0) is 0 Å². The summed E-state index contributed by atoms with van der Waals surface area (Å²) in [5, 5.41) is 20.8. The Morgan fingerprint density at radius 2 is 1.48 bits per heavy atom. The van der Waals surface area contributed by atoms with Crippen molar-refractivity contribution in [3.63, 3.8) is 0 Å². The highest BCUT2D eigenvalue weighted by atomic mass is 16.5.